The monoisotopic (exact) mass is 469 g/mol. The van der Waals surface area contributed by atoms with Crippen LogP contribution in [0.5, 0.6) is 23.0 Å². The first-order chi connectivity index (χ1) is 17.0. The molecule has 4 aromatic rings. The number of aromatic nitrogens is 1. The Balaban J connectivity index is 1.30. The zero-order chi connectivity index (χ0) is 24.0. The molecule has 2 fully saturated rings. The molecule has 0 saturated heterocycles. The van der Waals surface area contributed by atoms with Gasteiger partial charge in [0.05, 0.1) is 18.2 Å². The maximum atomic E-state index is 12.6. The topological polar surface area (TPSA) is 95.7 Å². The Labute approximate surface area is 203 Å². The summed E-state index contributed by atoms with van der Waals surface area (Å²) in [4.78, 5) is 17.1. The lowest BCUT2D eigenvalue weighted by Gasteiger charge is -2.16. The molecule has 2 aliphatic carbocycles. The molecule has 7 heteroatoms. The minimum Gasteiger partial charge on any atom is -0.493 e. The fourth-order valence-electron chi connectivity index (χ4n) is 4.16. The highest BCUT2D eigenvalue weighted by atomic mass is 16.5. The molecule has 1 heterocycles. The van der Waals surface area contributed by atoms with Gasteiger partial charge in [0, 0.05) is 29.3 Å². The number of carbonyl (C=O) groups excluding carboxylic acids is 1. The molecule has 0 spiro atoms. The molecule has 0 atom stereocenters. The van der Waals surface area contributed by atoms with Gasteiger partial charge in [0.2, 0.25) is 0 Å². The molecule has 0 bridgehead atoms. The molecule has 3 aromatic carbocycles. The van der Waals surface area contributed by atoms with Crippen LogP contribution in [-0.4, -0.2) is 36.2 Å². The summed E-state index contributed by atoms with van der Waals surface area (Å²) in [5.41, 5.74) is 7.36. The smallest absolute Gasteiger partial charge is 0.252 e. The molecule has 3 N–H and O–H groups in total. The normalized spacial score (nSPS) is 16.2. The van der Waals surface area contributed by atoms with Crippen LogP contribution in [-0.2, 0) is 0 Å². The number of hydrogen-bond donors (Lipinski definition) is 2. The highest BCUT2D eigenvalue weighted by Gasteiger charge is 2.39. The first-order valence-corrected chi connectivity index (χ1v) is 11.9. The highest BCUT2D eigenvalue weighted by Crippen LogP contribution is 2.39. The van der Waals surface area contributed by atoms with Crippen LogP contribution in [0.1, 0.15) is 36.0 Å². The number of fused-ring (bicyclic) bond motifs is 2. The second kappa shape index (κ2) is 8.43. The summed E-state index contributed by atoms with van der Waals surface area (Å²) < 4.78 is 17.8. The minimum atomic E-state index is -0.229. The molecule has 7 nitrogen and oxygen atoms in total. The Hall–Kier alpha value is -3.84. The number of ether oxygens (including phenoxy) is 3. The van der Waals surface area contributed by atoms with Crippen LogP contribution in [0.25, 0.3) is 21.7 Å². The molecule has 0 radical (unpaired) electrons. The Morgan fingerprint density at radius 3 is 2.69 bits per heavy atom. The van der Waals surface area contributed by atoms with Crippen LogP contribution in [0.2, 0.25) is 0 Å². The van der Waals surface area contributed by atoms with Crippen LogP contribution in [0.3, 0.4) is 0 Å². The molecular formula is C28H27N3O4. The van der Waals surface area contributed by atoms with Crippen molar-refractivity contribution in [3.8, 4) is 23.0 Å². The number of nitrogens with two attached hydrogens (primary N) is 1. The number of carbonyl (C=O) groups is 1. The predicted molar refractivity (Wildman–Crippen MR) is 134 cm³/mol. The Morgan fingerprint density at radius 2 is 1.91 bits per heavy atom. The standard InChI is InChI=1S/C28H27N3O4/c1-33-25-14-22-23(15-26(25)34-16-28(29)10-11-28)30-12-9-24(22)35-19-7-8-20-17(13-19)3-2-4-21(20)27(32)31-18-5-6-18/h2-4,7-9,12-15,18H,5-6,10-11,16,29H2,1H3,(H,31,32). The van der Waals surface area contributed by atoms with E-state index in [9.17, 15) is 4.79 Å². The van der Waals surface area contributed by atoms with Crippen LogP contribution in [0.4, 0.5) is 0 Å². The molecule has 35 heavy (non-hydrogen) atoms. The molecule has 0 unspecified atom stereocenters. The number of benzene rings is 3. The van der Waals surface area contributed by atoms with Crippen LogP contribution >= 0.6 is 0 Å². The summed E-state index contributed by atoms with van der Waals surface area (Å²) in [7, 11) is 1.61. The summed E-state index contributed by atoms with van der Waals surface area (Å²) in [6.45, 7) is 0.447. The number of rotatable bonds is 8. The summed E-state index contributed by atoms with van der Waals surface area (Å²) in [5.74, 6) is 2.51. The summed E-state index contributed by atoms with van der Waals surface area (Å²) in [6.07, 6.45) is 5.76. The fraction of sp³-hybridized carbons (Fsp3) is 0.286. The third kappa shape index (κ3) is 4.47. The lowest BCUT2D eigenvalue weighted by Crippen LogP contribution is -2.29. The van der Waals surface area contributed by atoms with E-state index in [1.165, 1.54) is 0 Å². The van der Waals surface area contributed by atoms with Gasteiger partial charge in [0.15, 0.2) is 11.5 Å². The van der Waals surface area contributed by atoms with E-state index in [1.807, 2.05) is 54.6 Å². The molecule has 2 aliphatic rings. The molecule has 1 aromatic heterocycles. The van der Waals surface area contributed by atoms with Crippen molar-refractivity contribution in [3.05, 3.63) is 66.4 Å². The second-order valence-corrected chi connectivity index (χ2v) is 9.52. The molecule has 6 rings (SSSR count). The first-order valence-electron chi connectivity index (χ1n) is 11.9. The Bertz CT molecular complexity index is 1440. The zero-order valence-corrected chi connectivity index (χ0v) is 19.5. The van der Waals surface area contributed by atoms with Gasteiger partial charge in [0.25, 0.3) is 5.91 Å². The first kappa shape index (κ1) is 21.7. The summed E-state index contributed by atoms with van der Waals surface area (Å²) in [5, 5.41) is 5.71. The van der Waals surface area contributed by atoms with Gasteiger partial charge >= 0.3 is 0 Å². The summed E-state index contributed by atoms with van der Waals surface area (Å²) >= 11 is 0. The number of nitrogens with zero attached hydrogens (tertiary/aromatic N) is 1. The van der Waals surface area contributed by atoms with Gasteiger partial charge in [-0.1, -0.05) is 12.1 Å². The molecule has 2 saturated carbocycles. The highest BCUT2D eigenvalue weighted by molar-refractivity contribution is 6.07. The average Bonchev–Trinajstić information content (AvgIpc) is 3.81. The Kier molecular flexibility index (Phi) is 5.22. The van der Waals surface area contributed by atoms with Gasteiger partial charge in [-0.25, -0.2) is 0 Å². The molecule has 1 amide bonds. The van der Waals surface area contributed by atoms with Crippen molar-refractivity contribution in [2.24, 2.45) is 5.73 Å². The summed E-state index contributed by atoms with van der Waals surface area (Å²) in [6, 6.07) is 17.4. The van der Waals surface area contributed by atoms with E-state index in [0.717, 1.165) is 47.4 Å². The van der Waals surface area contributed by atoms with Crippen molar-refractivity contribution in [2.75, 3.05) is 13.7 Å². The van der Waals surface area contributed by atoms with E-state index < -0.39 is 0 Å². The third-order valence-electron chi connectivity index (χ3n) is 6.63. The van der Waals surface area contributed by atoms with Gasteiger partial charge in [-0.2, -0.15) is 0 Å². The predicted octanol–water partition coefficient (Wildman–Crippen LogP) is 4.95. The van der Waals surface area contributed by atoms with E-state index in [4.69, 9.17) is 19.9 Å². The second-order valence-electron chi connectivity index (χ2n) is 9.52. The number of nitrogens with one attached hydrogen (secondary N) is 1. The van der Waals surface area contributed by atoms with Crippen molar-refractivity contribution in [3.63, 3.8) is 0 Å². The fourth-order valence-corrected chi connectivity index (χ4v) is 4.16. The SMILES string of the molecule is COc1cc2c(Oc3ccc4c(C(=O)NC5CC5)cccc4c3)ccnc2cc1OCC1(N)CC1. The number of hydrogen-bond acceptors (Lipinski definition) is 6. The largest absolute Gasteiger partial charge is 0.493 e. The van der Waals surface area contributed by atoms with Gasteiger partial charge in [-0.05, 0) is 72.9 Å². The van der Waals surface area contributed by atoms with Crippen molar-refractivity contribution < 1.29 is 19.0 Å². The van der Waals surface area contributed by atoms with E-state index in [0.29, 0.717) is 41.2 Å². The van der Waals surface area contributed by atoms with Crippen molar-refractivity contribution in [1.82, 2.24) is 10.3 Å². The Morgan fingerprint density at radius 1 is 1.06 bits per heavy atom. The maximum Gasteiger partial charge on any atom is 0.252 e. The van der Waals surface area contributed by atoms with Crippen molar-refractivity contribution in [1.29, 1.82) is 0 Å². The van der Waals surface area contributed by atoms with Gasteiger partial charge in [-0.3, -0.25) is 9.78 Å². The minimum absolute atomic E-state index is 0.0285. The van der Waals surface area contributed by atoms with Gasteiger partial charge in [0.1, 0.15) is 18.1 Å². The van der Waals surface area contributed by atoms with E-state index in [-0.39, 0.29) is 11.4 Å². The maximum absolute atomic E-state index is 12.6. The van der Waals surface area contributed by atoms with Crippen LogP contribution in [0.15, 0.2) is 60.8 Å². The number of methoxy groups -OCH3 is 1. The third-order valence-corrected chi connectivity index (χ3v) is 6.63. The number of pyridine rings is 1. The molecular weight excluding hydrogens is 442 g/mol. The van der Waals surface area contributed by atoms with Crippen molar-refractivity contribution >= 4 is 27.6 Å². The van der Waals surface area contributed by atoms with E-state index in [1.54, 1.807) is 13.3 Å². The lowest BCUT2D eigenvalue weighted by molar-refractivity contribution is 0.0952. The lowest BCUT2D eigenvalue weighted by atomic mass is 10.0. The molecule has 178 valence electrons. The van der Waals surface area contributed by atoms with Crippen molar-refractivity contribution in [2.45, 2.75) is 37.3 Å². The van der Waals surface area contributed by atoms with Crippen LogP contribution in [0, 0.1) is 0 Å². The average molecular weight is 470 g/mol. The van der Waals surface area contributed by atoms with Crippen LogP contribution < -0.4 is 25.3 Å². The molecule has 0 aliphatic heterocycles. The van der Waals surface area contributed by atoms with E-state index in [2.05, 4.69) is 10.3 Å². The quantitative estimate of drug-likeness (QED) is 0.379. The zero-order valence-electron chi connectivity index (χ0n) is 19.5. The van der Waals surface area contributed by atoms with Gasteiger partial charge < -0.3 is 25.3 Å². The van der Waals surface area contributed by atoms with Gasteiger partial charge in [-0.15, -0.1) is 0 Å². The van der Waals surface area contributed by atoms with E-state index >= 15 is 0 Å². The number of amides is 1.